The van der Waals surface area contributed by atoms with Crippen molar-refractivity contribution in [3.05, 3.63) is 57.6 Å². The second kappa shape index (κ2) is 10.5. The number of halogens is 1. The number of nitrogens with one attached hydrogen (secondary N) is 1. The van der Waals surface area contributed by atoms with E-state index in [-0.39, 0.29) is 22.4 Å². The molecule has 1 amide bonds. The molecule has 2 aromatic carbocycles. The number of carbonyl (C=O) groups excluding carboxylic acids is 1. The van der Waals surface area contributed by atoms with Gasteiger partial charge in [-0.1, -0.05) is 37.2 Å². The van der Waals surface area contributed by atoms with Gasteiger partial charge >= 0.3 is 0 Å². The molecule has 0 atom stereocenters. The summed E-state index contributed by atoms with van der Waals surface area (Å²) in [6, 6.07) is 11.7. The highest BCUT2D eigenvalue weighted by atomic mass is 35.5. The van der Waals surface area contributed by atoms with E-state index in [4.69, 9.17) is 16.3 Å². The van der Waals surface area contributed by atoms with Gasteiger partial charge in [-0.25, -0.2) is 0 Å². The van der Waals surface area contributed by atoms with E-state index in [9.17, 15) is 14.9 Å². The topological polar surface area (TPSA) is 112 Å². The first kappa shape index (κ1) is 23.6. The second-order valence-corrected chi connectivity index (χ2v) is 8.70. The first-order chi connectivity index (χ1) is 15.2. The number of nitro benzene ring substituents is 1. The number of aromatic nitrogens is 3. The first-order valence-electron chi connectivity index (χ1n) is 9.74. The molecule has 9 nitrogen and oxygen atoms in total. The van der Waals surface area contributed by atoms with E-state index in [1.54, 1.807) is 4.57 Å². The third-order valence-corrected chi connectivity index (χ3v) is 5.63. The fraction of sp³-hybridized carbons (Fsp3) is 0.286. The summed E-state index contributed by atoms with van der Waals surface area (Å²) in [5.41, 5.74) is 0.905. The van der Waals surface area contributed by atoms with Crippen molar-refractivity contribution >= 4 is 40.6 Å². The van der Waals surface area contributed by atoms with Crippen LogP contribution in [-0.4, -0.2) is 38.0 Å². The summed E-state index contributed by atoms with van der Waals surface area (Å²) >= 11 is 7.00. The maximum Gasteiger partial charge on any atom is 0.289 e. The lowest BCUT2D eigenvalue weighted by Crippen LogP contribution is -2.14. The number of benzene rings is 2. The van der Waals surface area contributed by atoms with E-state index >= 15 is 0 Å². The van der Waals surface area contributed by atoms with Gasteiger partial charge in [0.05, 0.1) is 17.3 Å². The van der Waals surface area contributed by atoms with Crippen LogP contribution in [0.4, 0.5) is 11.4 Å². The molecule has 11 heteroatoms. The van der Waals surface area contributed by atoms with Crippen LogP contribution < -0.4 is 10.1 Å². The molecular weight excluding hydrogens is 454 g/mol. The minimum absolute atomic E-state index is 0.00788. The lowest BCUT2D eigenvalue weighted by atomic mass is 10.2. The van der Waals surface area contributed by atoms with Crippen molar-refractivity contribution in [2.45, 2.75) is 19.0 Å². The molecule has 0 aliphatic heterocycles. The number of thioether (sulfide) groups is 1. The van der Waals surface area contributed by atoms with Crippen molar-refractivity contribution in [3.8, 4) is 17.1 Å². The zero-order chi connectivity index (χ0) is 23.3. The Bertz CT molecular complexity index is 1120. The lowest BCUT2D eigenvalue weighted by Gasteiger charge is -2.09. The van der Waals surface area contributed by atoms with Crippen LogP contribution in [0, 0.1) is 16.0 Å². The van der Waals surface area contributed by atoms with Crippen LogP contribution in [0.2, 0.25) is 5.02 Å². The molecule has 0 fully saturated rings. The van der Waals surface area contributed by atoms with Crippen molar-refractivity contribution < 1.29 is 14.5 Å². The Morgan fingerprint density at radius 2 is 1.97 bits per heavy atom. The molecule has 3 rings (SSSR count). The van der Waals surface area contributed by atoms with Crippen LogP contribution >= 0.6 is 23.4 Å². The molecule has 0 bridgehead atoms. The number of amides is 1. The van der Waals surface area contributed by atoms with Crippen LogP contribution in [0.25, 0.3) is 11.4 Å². The zero-order valence-corrected chi connectivity index (χ0v) is 19.3. The average molecular weight is 476 g/mol. The SMILES string of the molecule is CC(C)COc1ccc(-c2nnc(SCC(=O)Nc3ccc(Cl)c([N+](=O)[O-])c3)n2C)cc1. The maximum absolute atomic E-state index is 12.3. The van der Waals surface area contributed by atoms with E-state index in [2.05, 4.69) is 29.4 Å². The third-order valence-electron chi connectivity index (χ3n) is 4.29. The largest absolute Gasteiger partial charge is 0.493 e. The van der Waals surface area contributed by atoms with Crippen LogP contribution in [0.1, 0.15) is 13.8 Å². The number of ether oxygens (including phenoxy) is 1. The second-order valence-electron chi connectivity index (χ2n) is 7.35. The molecule has 1 aromatic heterocycles. The van der Waals surface area contributed by atoms with Gasteiger partial charge < -0.3 is 14.6 Å². The van der Waals surface area contributed by atoms with Gasteiger partial charge in [0.25, 0.3) is 5.69 Å². The minimum atomic E-state index is -0.600. The summed E-state index contributed by atoms with van der Waals surface area (Å²) < 4.78 is 7.50. The number of nitrogens with zero attached hydrogens (tertiary/aromatic N) is 4. The number of hydrogen-bond donors (Lipinski definition) is 1. The van der Waals surface area contributed by atoms with Gasteiger partial charge in [0.1, 0.15) is 10.8 Å². The quantitative estimate of drug-likeness (QED) is 0.268. The van der Waals surface area contributed by atoms with Crippen molar-refractivity contribution in [1.82, 2.24) is 14.8 Å². The molecule has 0 radical (unpaired) electrons. The zero-order valence-electron chi connectivity index (χ0n) is 17.7. The summed E-state index contributed by atoms with van der Waals surface area (Å²) in [5.74, 6) is 1.63. The monoisotopic (exact) mass is 475 g/mol. The molecule has 0 aliphatic rings. The number of rotatable bonds is 9. The normalized spacial score (nSPS) is 10.9. The Morgan fingerprint density at radius 3 is 2.62 bits per heavy atom. The van der Waals surface area contributed by atoms with Gasteiger partial charge in [0.2, 0.25) is 5.91 Å². The fourth-order valence-electron chi connectivity index (χ4n) is 2.71. The molecule has 0 saturated carbocycles. The average Bonchev–Trinajstić information content (AvgIpc) is 3.12. The number of hydrogen-bond acceptors (Lipinski definition) is 7. The first-order valence-corrected chi connectivity index (χ1v) is 11.1. The Balaban J connectivity index is 1.60. The molecule has 32 heavy (non-hydrogen) atoms. The molecular formula is C21H22ClN5O4S. The highest BCUT2D eigenvalue weighted by molar-refractivity contribution is 7.99. The standard InChI is InChI=1S/C21H22ClN5O4S/c1-13(2)11-31-16-7-4-14(5-8-16)20-24-25-21(26(20)3)32-12-19(28)23-15-6-9-17(22)18(10-15)27(29)30/h4-10,13H,11-12H2,1-3H3,(H,23,28). The predicted molar refractivity (Wildman–Crippen MR) is 124 cm³/mol. The number of carbonyl (C=O) groups is 1. The Labute approximate surface area is 194 Å². The van der Waals surface area contributed by atoms with Crippen molar-refractivity contribution in [2.24, 2.45) is 13.0 Å². The minimum Gasteiger partial charge on any atom is -0.493 e. The highest BCUT2D eigenvalue weighted by Crippen LogP contribution is 2.28. The Kier molecular flexibility index (Phi) is 7.70. The highest BCUT2D eigenvalue weighted by Gasteiger charge is 2.16. The van der Waals surface area contributed by atoms with Crippen LogP contribution in [0.15, 0.2) is 47.6 Å². The van der Waals surface area contributed by atoms with E-state index in [1.807, 2.05) is 31.3 Å². The fourth-order valence-corrected chi connectivity index (χ4v) is 3.61. The van der Waals surface area contributed by atoms with Gasteiger partial charge in [-0.2, -0.15) is 0 Å². The van der Waals surface area contributed by atoms with E-state index < -0.39 is 4.92 Å². The molecule has 0 aliphatic carbocycles. The molecule has 0 unspecified atom stereocenters. The Morgan fingerprint density at radius 1 is 1.25 bits per heavy atom. The Hall–Kier alpha value is -3.11. The molecule has 0 spiro atoms. The number of nitro groups is 1. The molecule has 168 valence electrons. The third kappa shape index (κ3) is 5.98. The van der Waals surface area contributed by atoms with Crippen LogP contribution in [0.3, 0.4) is 0 Å². The molecule has 0 saturated heterocycles. The van der Waals surface area contributed by atoms with E-state index in [0.717, 1.165) is 11.3 Å². The van der Waals surface area contributed by atoms with E-state index in [0.29, 0.717) is 29.2 Å². The predicted octanol–water partition coefficient (Wildman–Crippen LogP) is 4.81. The summed E-state index contributed by atoms with van der Waals surface area (Å²) in [4.78, 5) is 22.7. The van der Waals surface area contributed by atoms with Crippen molar-refractivity contribution in [3.63, 3.8) is 0 Å². The van der Waals surface area contributed by atoms with E-state index in [1.165, 1.54) is 30.0 Å². The number of anilines is 1. The maximum atomic E-state index is 12.3. The van der Waals surface area contributed by atoms with Crippen LogP contribution in [0.5, 0.6) is 5.75 Å². The summed E-state index contributed by atoms with van der Waals surface area (Å²) in [6.07, 6.45) is 0. The van der Waals surface area contributed by atoms with Crippen molar-refractivity contribution in [2.75, 3.05) is 17.7 Å². The molecule has 1 N–H and O–H groups in total. The smallest absolute Gasteiger partial charge is 0.289 e. The summed E-state index contributed by atoms with van der Waals surface area (Å²) in [7, 11) is 1.82. The van der Waals surface area contributed by atoms with Crippen molar-refractivity contribution in [1.29, 1.82) is 0 Å². The summed E-state index contributed by atoms with van der Waals surface area (Å²) in [6.45, 7) is 4.83. The lowest BCUT2D eigenvalue weighted by molar-refractivity contribution is -0.384. The van der Waals surface area contributed by atoms with Gasteiger partial charge in [0, 0.05) is 24.4 Å². The molecule has 3 aromatic rings. The van der Waals surface area contributed by atoms with Gasteiger partial charge in [-0.15, -0.1) is 10.2 Å². The van der Waals surface area contributed by atoms with Gasteiger partial charge in [-0.3, -0.25) is 14.9 Å². The molecule has 1 heterocycles. The van der Waals surface area contributed by atoms with Gasteiger partial charge in [0.15, 0.2) is 11.0 Å². The summed E-state index contributed by atoms with van der Waals surface area (Å²) in [5, 5.41) is 22.6. The van der Waals surface area contributed by atoms with Crippen LogP contribution in [-0.2, 0) is 11.8 Å². The van der Waals surface area contributed by atoms with Gasteiger partial charge in [-0.05, 0) is 42.3 Å².